The lowest BCUT2D eigenvalue weighted by atomic mass is 10.0. The van der Waals surface area contributed by atoms with Gasteiger partial charge in [-0.1, -0.05) is 20.8 Å². The molecule has 0 amide bonds. The summed E-state index contributed by atoms with van der Waals surface area (Å²) in [5.41, 5.74) is 0. The summed E-state index contributed by atoms with van der Waals surface area (Å²) < 4.78 is 0. The number of fused-ring (bicyclic) bond motifs is 1. The van der Waals surface area contributed by atoms with Crippen LogP contribution in [0.3, 0.4) is 0 Å². The highest BCUT2D eigenvalue weighted by atomic mass is 15.2. The molecule has 0 N–H and O–H groups in total. The fourth-order valence-electron chi connectivity index (χ4n) is 3.07. The Bertz CT molecular complexity index is 189. The van der Waals surface area contributed by atoms with E-state index in [9.17, 15) is 0 Å². The molecule has 0 bridgehead atoms. The Morgan fingerprint density at radius 3 is 2.00 bits per heavy atom. The molecule has 2 aliphatic rings. The van der Waals surface area contributed by atoms with Gasteiger partial charge in [-0.15, -0.1) is 0 Å². The van der Waals surface area contributed by atoms with Gasteiger partial charge in [0, 0.05) is 26.2 Å². The van der Waals surface area contributed by atoms with Gasteiger partial charge in [0.25, 0.3) is 0 Å². The van der Waals surface area contributed by atoms with Crippen LogP contribution in [0.15, 0.2) is 0 Å². The van der Waals surface area contributed by atoms with Gasteiger partial charge >= 0.3 is 0 Å². The van der Waals surface area contributed by atoms with Gasteiger partial charge in [0.2, 0.25) is 0 Å². The maximum Gasteiger partial charge on any atom is 0.00256 e. The van der Waals surface area contributed by atoms with Crippen LogP contribution in [0.25, 0.3) is 0 Å². The number of nitrogens with zero attached hydrogens (tertiary/aromatic N) is 2. The summed E-state index contributed by atoms with van der Waals surface area (Å²) in [6.45, 7) is 15.0. The summed E-state index contributed by atoms with van der Waals surface area (Å²) in [5.74, 6) is 2.83. The molecule has 0 aromatic carbocycles. The van der Waals surface area contributed by atoms with Crippen molar-refractivity contribution in [3.05, 3.63) is 0 Å². The van der Waals surface area contributed by atoms with E-state index in [4.69, 9.17) is 0 Å². The van der Waals surface area contributed by atoms with Gasteiger partial charge in [0.1, 0.15) is 0 Å². The highest BCUT2D eigenvalue weighted by molar-refractivity contribution is 4.92. The van der Waals surface area contributed by atoms with Gasteiger partial charge < -0.3 is 9.80 Å². The Morgan fingerprint density at radius 1 is 1.00 bits per heavy atom. The van der Waals surface area contributed by atoms with Crippen molar-refractivity contribution in [2.24, 2.45) is 17.8 Å². The average Bonchev–Trinajstić information content (AvgIpc) is 2.70. The SMILES string of the molecule is CCN1CC2CN(CCC(C)C)CC2C1. The zero-order valence-electron chi connectivity index (χ0n) is 10.6. The van der Waals surface area contributed by atoms with Gasteiger partial charge in [0.15, 0.2) is 0 Å². The molecule has 2 aliphatic heterocycles. The lowest BCUT2D eigenvalue weighted by Crippen LogP contribution is -2.29. The Hall–Kier alpha value is -0.0800. The Labute approximate surface area is 94.6 Å². The van der Waals surface area contributed by atoms with Crippen LogP contribution in [0.4, 0.5) is 0 Å². The van der Waals surface area contributed by atoms with E-state index in [1.807, 2.05) is 0 Å². The third kappa shape index (κ3) is 2.73. The molecule has 2 heterocycles. The Kier molecular flexibility index (Phi) is 3.68. The van der Waals surface area contributed by atoms with Crippen molar-refractivity contribution < 1.29 is 0 Å². The Morgan fingerprint density at radius 2 is 1.53 bits per heavy atom. The topological polar surface area (TPSA) is 6.48 Å². The lowest BCUT2D eigenvalue weighted by Gasteiger charge is -2.20. The fourth-order valence-corrected chi connectivity index (χ4v) is 3.07. The van der Waals surface area contributed by atoms with Crippen molar-refractivity contribution in [1.29, 1.82) is 0 Å². The molecule has 0 spiro atoms. The third-order valence-electron chi connectivity index (χ3n) is 4.11. The number of likely N-dealkylation sites (tertiary alicyclic amines) is 2. The van der Waals surface area contributed by atoms with Crippen LogP contribution < -0.4 is 0 Å². The van der Waals surface area contributed by atoms with Crippen molar-refractivity contribution >= 4 is 0 Å². The summed E-state index contributed by atoms with van der Waals surface area (Å²) >= 11 is 0. The van der Waals surface area contributed by atoms with E-state index >= 15 is 0 Å². The largest absolute Gasteiger partial charge is 0.303 e. The molecule has 2 nitrogen and oxygen atoms in total. The van der Waals surface area contributed by atoms with Crippen molar-refractivity contribution in [3.63, 3.8) is 0 Å². The minimum Gasteiger partial charge on any atom is -0.303 e. The molecule has 2 heteroatoms. The van der Waals surface area contributed by atoms with E-state index in [0.29, 0.717) is 0 Å². The highest BCUT2D eigenvalue weighted by Crippen LogP contribution is 2.30. The molecule has 2 fully saturated rings. The summed E-state index contributed by atoms with van der Waals surface area (Å²) in [6, 6.07) is 0. The number of rotatable bonds is 4. The van der Waals surface area contributed by atoms with E-state index in [1.165, 1.54) is 45.7 Å². The predicted molar refractivity (Wildman–Crippen MR) is 65.0 cm³/mol. The fraction of sp³-hybridized carbons (Fsp3) is 1.00. The smallest absolute Gasteiger partial charge is 0.00256 e. The number of hydrogen-bond donors (Lipinski definition) is 0. The molecule has 0 aromatic rings. The van der Waals surface area contributed by atoms with Crippen LogP contribution in [0, 0.1) is 17.8 Å². The van der Waals surface area contributed by atoms with Crippen LogP contribution in [0.1, 0.15) is 27.2 Å². The second-order valence-electron chi connectivity index (χ2n) is 5.81. The molecule has 2 rings (SSSR count). The van der Waals surface area contributed by atoms with E-state index < -0.39 is 0 Å². The predicted octanol–water partition coefficient (Wildman–Crippen LogP) is 1.92. The quantitative estimate of drug-likeness (QED) is 0.699. The first-order chi connectivity index (χ1) is 7.19. The molecular formula is C13H26N2. The van der Waals surface area contributed by atoms with E-state index in [2.05, 4.69) is 30.6 Å². The molecule has 2 atom stereocenters. The van der Waals surface area contributed by atoms with Crippen LogP contribution in [-0.4, -0.2) is 49.1 Å². The molecule has 2 unspecified atom stereocenters. The van der Waals surface area contributed by atoms with Gasteiger partial charge in [-0.25, -0.2) is 0 Å². The first-order valence-electron chi connectivity index (χ1n) is 6.63. The summed E-state index contributed by atoms with van der Waals surface area (Å²) in [4.78, 5) is 5.32. The monoisotopic (exact) mass is 210 g/mol. The molecule has 88 valence electrons. The maximum absolute atomic E-state index is 2.70. The highest BCUT2D eigenvalue weighted by Gasteiger charge is 2.38. The van der Waals surface area contributed by atoms with Crippen molar-refractivity contribution in [2.45, 2.75) is 27.2 Å². The molecule has 2 saturated heterocycles. The first kappa shape index (κ1) is 11.4. The van der Waals surface area contributed by atoms with Gasteiger partial charge in [-0.2, -0.15) is 0 Å². The van der Waals surface area contributed by atoms with Gasteiger partial charge in [-0.3, -0.25) is 0 Å². The van der Waals surface area contributed by atoms with Crippen molar-refractivity contribution in [2.75, 3.05) is 39.3 Å². The molecule has 15 heavy (non-hydrogen) atoms. The second-order valence-corrected chi connectivity index (χ2v) is 5.81. The zero-order valence-corrected chi connectivity index (χ0v) is 10.6. The van der Waals surface area contributed by atoms with Crippen LogP contribution >= 0.6 is 0 Å². The first-order valence-corrected chi connectivity index (χ1v) is 6.63. The van der Waals surface area contributed by atoms with Crippen molar-refractivity contribution in [3.8, 4) is 0 Å². The average molecular weight is 210 g/mol. The van der Waals surface area contributed by atoms with Crippen LogP contribution in [0.2, 0.25) is 0 Å². The third-order valence-corrected chi connectivity index (χ3v) is 4.11. The number of hydrogen-bond acceptors (Lipinski definition) is 2. The minimum absolute atomic E-state index is 0.859. The standard InChI is InChI=1S/C13H26N2/c1-4-14-7-12-9-15(6-5-11(2)3)10-13(12)8-14/h11-13H,4-10H2,1-3H3. The normalized spacial score (nSPS) is 32.8. The molecule has 0 saturated carbocycles. The summed E-state index contributed by atoms with van der Waals surface area (Å²) in [5, 5.41) is 0. The summed E-state index contributed by atoms with van der Waals surface area (Å²) in [7, 11) is 0. The maximum atomic E-state index is 2.70. The molecule has 0 radical (unpaired) electrons. The lowest BCUT2D eigenvalue weighted by molar-refractivity contribution is 0.252. The summed E-state index contributed by atoms with van der Waals surface area (Å²) in [6.07, 6.45) is 1.37. The van der Waals surface area contributed by atoms with E-state index in [1.54, 1.807) is 0 Å². The van der Waals surface area contributed by atoms with E-state index in [0.717, 1.165) is 17.8 Å². The van der Waals surface area contributed by atoms with Crippen LogP contribution in [-0.2, 0) is 0 Å². The van der Waals surface area contributed by atoms with E-state index in [-0.39, 0.29) is 0 Å². The Balaban J connectivity index is 1.73. The van der Waals surface area contributed by atoms with Crippen molar-refractivity contribution in [1.82, 2.24) is 9.80 Å². The molecular weight excluding hydrogens is 184 g/mol. The van der Waals surface area contributed by atoms with Gasteiger partial charge in [0.05, 0.1) is 0 Å². The molecule has 0 aliphatic carbocycles. The van der Waals surface area contributed by atoms with Crippen LogP contribution in [0.5, 0.6) is 0 Å². The van der Waals surface area contributed by atoms with Gasteiger partial charge in [-0.05, 0) is 37.3 Å². The zero-order chi connectivity index (χ0) is 10.8. The second kappa shape index (κ2) is 4.84. The minimum atomic E-state index is 0.859. The molecule has 0 aromatic heterocycles.